The predicted molar refractivity (Wildman–Crippen MR) is 100 cm³/mol. The molecular weight excluding hydrogens is 378 g/mol. The molecule has 1 aromatic carbocycles. The van der Waals surface area contributed by atoms with E-state index in [0.717, 1.165) is 16.2 Å². The molecule has 0 saturated carbocycles. The fraction of sp³-hybridized carbons (Fsp3) is 0.0588. The Balaban J connectivity index is 1.67. The van der Waals surface area contributed by atoms with Gasteiger partial charge in [-0.1, -0.05) is 17.7 Å². The zero-order valence-corrected chi connectivity index (χ0v) is 15.4. The number of nitrogens with zero attached hydrogens (tertiary/aromatic N) is 2. The molecule has 0 radical (unpaired) electrons. The molecule has 8 heteroatoms. The molecule has 0 atom stereocenters. The van der Waals surface area contributed by atoms with E-state index in [9.17, 15) is 8.42 Å². The number of aromatic nitrogens is 2. The van der Waals surface area contributed by atoms with Gasteiger partial charge in [0.1, 0.15) is 10.0 Å². The standard InChI is InChI=1S/C17H14ClN3O2S2/c18-17-16(4-2-10-20-17)25(22,23)21-14-5-7-15(8-6-14)24-12-13-3-1-9-19-11-13/h1-11,21H,12H2. The topological polar surface area (TPSA) is 72.0 Å². The van der Waals surface area contributed by atoms with Crippen LogP contribution in [0.15, 0.2) is 76.9 Å². The monoisotopic (exact) mass is 391 g/mol. The molecule has 5 nitrogen and oxygen atoms in total. The van der Waals surface area contributed by atoms with E-state index in [1.165, 1.54) is 18.3 Å². The molecule has 0 aliphatic carbocycles. The first kappa shape index (κ1) is 17.7. The average Bonchev–Trinajstić information content (AvgIpc) is 2.62. The van der Waals surface area contributed by atoms with Crippen LogP contribution in [0.4, 0.5) is 5.69 Å². The van der Waals surface area contributed by atoms with Crippen LogP contribution in [0, 0.1) is 0 Å². The summed E-state index contributed by atoms with van der Waals surface area (Å²) in [6.45, 7) is 0. The van der Waals surface area contributed by atoms with E-state index in [2.05, 4.69) is 14.7 Å². The number of sulfonamides is 1. The average molecular weight is 392 g/mol. The third-order valence-electron chi connectivity index (χ3n) is 3.25. The zero-order valence-electron chi connectivity index (χ0n) is 13.0. The molecule has 0 unspecified atom stereocenters. The van der Waals surface area contributed by atoms with Crippen molar-refractivity contribution in [3.05, 3.63) is 77.8 Å². The summed E-state index contributed by atoms with van der Waals surface area (Å²) in [5.41, 5.74) is 1.59. The highest BCUT2D eigenvalue weighted by molar-refractivity contribution is 7.98. The van der Waals surface area contributed by atoms with Gasteiger partial charge in [-0.25, -0.2) is 13.4 Å². The largest absolute Gasteiger partial charge is 0.280 e. The van der Waals surface area contributed by atoms with Gasteiger partial charge in [-0.2, -0.15) is 0 Å². The van der Waals surface area contributed by atoms with Gasteiger partial charge in [-0.05, 0) is 48.0 Å². The van der Waals surface area contributed by atoms with E-state index in [1.54, 1.807) is 30.1 Å². The van der Waals surface area contributed by atoms with Gasteiger partial charge in [0.05, 0.1) is 0 Å². The normalized spacial score (nSPS) is 11.2. The number of pyridine rings is 2. The third-order valence-corrected chi connectivity index (χ3v) is 6.16. The Kier molecular flexibility index (Phi) is 5.57. The highest BCUT2D eigenvalue weighted by Crippen LogP contribution is 2.26. The molecular formula is C17H14ClN3O2S2. The Morgan fingerprint density at radius 1 is 1.04 bits per heavy atom. The van der Waals surface area contributed by atoms with E-state index in [-0.39, 0.29) is 10.0 Å². The van der Waals surface area contributed by atoms with Gasteiger partial charge in [0.15, 0.2) is 0 Å². The Morgan fingerprint density at radius 2 is 1.80 bits per heavy atom. The molecule has 3 aromatic rings. The van der Waals surface area contributed by atoms with Crippen molar-refractivity contribution in [1.29, 1.82) is 0 Å². The Bertz CT molecular complexity index is 949. The lowest BCUT2D eigenvalue weighted by atomic mass is 10.3. The first-order chi connectivity index (χ1) is 12.0. The van der Waals surface area contributed by atoms with Gasteiger partial charge < -0.3 is 0 Å². The molecule has 0 fully saturated rings. The third kappa shape index (κ3) is 4.72. The summed E-state index contributed by atoms with van der Waals surface area (Å²) in [7, 11) is -3.77. The lowest BCUT2D eigenvalue weighted by Gasteiger charge is -2.09. The molecule has 0 saturated heterocycles. The predicted octanol–water partition coefficient (Wildman–Crippen LogP) is 4.22. The number of hydrogen-bond donors (Lipinski definition) is 1. The fourth-order valence-electron chi connectivity index (χ4n) is 2.05. The van der Waals surface area contributed by atoms with E-state index in [1.807, 2.05) is 30.5 Å². The lowest BCUT2D eigenvalue weighted by molar-refractivity contribution is 0.601. The molecule has 25 heavy (non-hydrogen) atoms. The summed E-state index contributed by atoms with van der Waals surface area (Å²) in [4.78, 5) is 8.86. The molecule has 0 bridgehead atoms. The molecule has 128 valence electrons. The number of rotatable bonds is 6. The van der Waals surface area contributed by atoms with Gasteiger partial charge in [-0.15, -0.1) is 11.8 Å². The minimum absolute atomic E-state index is 0.0494. The second-order valence-corrected chi connectivity index (χ2v) is 8.13. The molecule has 1 N–H and O–H groups in total. The molecule has 2 heterocycles. The van der Waals surface area contributed by atoms with Crippen molar-refractivity contribution in [3.8, 4) is 0 Å². The van der Waals surface area contributed by atoms with Gasteiger partial charge in [0.25, 0.3) is 10.0 Å². The Morgan fingerprint density at radius 3 is 2.48 bits per heavy atom. The second-order valence-electron chi connectivity index (χ2n) is 5.07. The van der Waals surface area contributed by atoms with Crippen molar-refractivity contribution >= 4 is 39.1 Å². The quantitative estimate of drug-likeness (QED) is 0.503. The molecule has 0 amide bonds. The van der Waals surface area contributed by atoms with E-state index >= 15 is 0 Å². The van der Waals surface area contributed by atoms with Crippen LogP contribution in [-0.2, 0) is 15.8 Å². The first-order valence-corrected chi connectivity index (χ1v) is 10.1. The highest BCUT2D eigenvalue weighted by Gasteiger charge is 2.18. The van der Waals surface area contributed by atoms with E-state index in [4.69, 9.17) is 11.6 Å². The van der Waals surface area contributed by atoms with Gasteiger partial charge in [0, 0.05) is 34.9 Å². The molecule has 0 spiro atoms. The number of anilines is 1. The number of halogens is 1. The smallest absolute Gasteiger partial charge is 0.264 e. The van der Waals surface area contributed by atoms with Crippen LogP contribution in [-0.4, -0.2) is 18.4 Å². The molecule has 2 aromatic heterocycles. The maximum absolute atomic E-state index is 12.4. The fourth-order valence-corrected chi connectivity index (χ4v) is 4.40. The van der Waals surface area contributed by atoms with Crippen LogP contribution in [0.1, 0.15) is 5.56 Å². The first-order valence-electron chi connectivity index (χ1n) is 7.30. The van der Waals surface area contributed by atoms with Crippen molar-refractivity contribution in [1.82, 2.24) is 9.97 Å². The highest BCUT2D eigenvalue weighted by atomic mass is 35.5. The molecule has 0 aliphatic rings. The summed E-state index contributed by atoms with van der Waals surface area (Å²) in [6, 6.07) is 14.0. The number of hydrogen-bond acceptors (Lipinski definition) is 5. The van der Waals surface area contributed by atoms with E-state index in [0.29, 0.717) is 5.69 Å². The summed E-state index contributed by atoms with van der Waals surface area (Å²) in [5.74, 6) is 0.796. The number of benzene rings is 1. The summed E-state index contributed by atoms with van der Waals surface area (Å²) in [6.07, 6.45) is 5.01. The van der Waals surface area contributed by atoms with Crippen LogP contribution < -0.4 is 4.72 Å². The van der Waals surface area contributed by atoms with Crippen molar-refractivity contribution in [2.75, 3.05) is 4.72 Å². The van der Waals surface area contributed by atoms with Crippen LogP contribution >= 0.6 is 23.4 Å². The lowest BCUT2D eigenvalue weighted by Crippen LogP contribution is -2.13. The van der Waals surface area contributed by atoms with Crippen LogP contribution in [0.3, 0.4) is 0 Å². The van der Waals surface area contributed by atoms with Gasteiger partial charge in [-0.3, -0.25) is 9.71 Å². The van der Waals surface area contributed by atoms with Crippen molar-refractivity contribution in [3.63, 3.8) is 0 Å². The number of thioether (sulfide) groups is 1. The maximum atomic E-state index is 12.4. The minimum atomic E-state index is -3.77. The van der Waals surface area contributed by atoms with Crippen molar-refractivity contribution in [2.24, 2.45) is 0 Å². The summed E-state index contributed by atoms with van der Waals surface area (Å²) in [5, 5.41) is -0.0568. The van der Waals surface area contributed by atoms with Crippen molar-refractivity contribution < 1.29 is 8.42 Å². The molecule has 0 aliphatic heterocycles. The van der Waals surface area contributed by atoms with Crippen LogP contribution in [0.25, 0.3) is 0 Å². The van der Waals surface area contributed by atoms with E-state index < -0.39 is 10.0 Å². The van der Waals surface area contributed by atoms with Gasteiger partial charge in [0.2, 0.25) is 0 Å². The van der Waals surface area contributed by atoms with Crippen molar-refractivity contribution in [2.45, 2.75) is 15.5 Å². The Hall–Kier alpha value is -2.09. The SMILES string of the molecule is O=S(=O)(Nc1ccc(SCc2cccnc2)cc1)c1cccnc1Cl. The van der Waals surface area contributed by atoms with Crippen LogP contribution in [0.2, 0.25) is 5.15 Å². The molecule has 3 rings (SSSR count). The minimum Gasteiger partial charge on any atom is -0.280 e. The van der Waals surface area contributed by atoms with Gasteiger partial charge >= 0.3 is 0 Å². The Labute approximate surface area is 155 Å². The zero-order chi connectivity index (χ0) is 17.7. The summed E-state index contributed by atoms with van der Waals surface area (Å²) < 4.78 is 27.2. The second kappa shape index (κ2) is 7.86. The number of nitrogens with one attached hydrogen (secondary N) is 1. The maximum Gasteiger partial charge on any atom is 0.264 e. The van der Waals surface area contributed by atoms with Crippen LogP contribution in [0.5, 0.6) is 0 Å². The summed E-state index contributed by atoms with van der Waals surface area (Å²) >= 11 is 7.51.